The molecule has 0 aliphatic rings. The Kier molecular flexibility index (Phi) is 4.89. The molecule has 106 valence electrons. The van der Waals surface area contributed by atoms with Gasteiger partial charge in [-0.25, -0.2) is 0 Å². The highest BCUT2D eigenvalue weighted by molar-refractivity contribution is 9.09. The number of phenols is 1. The summed E-state index contributed by atoms with van der Waals surface area (Å²) in [6, 6.07) is 4.23. The molecule has 0 spiro atoms. The average Bonchev–Trinajstić information content (AvgIpc) is 2.24. The first-order chi connectivity index (χ1) is 8.57. The van der Waals surface area contributed by atoms with E-state index in [9.17, 15) is 5.11 Å². The Labute approximate surface area is 125 Å². The van der Waals surface area contributed by atoms with E-state index in [0.29, 0.717) is 5.75 Å². The maximum Gasteiger partial charge on any atom is 0.126 e. The van der Waals surface area contributed by atoms with Gasteiger partial charge in [-0.2, -0.15) is 0 Å². The van der Waals surface area contributed by atoms with E-state index in [1.165, 1.54) is 5.56 Å². The number of hydrogen-bond acceptors (Lipinski definition) is 1. The van der Waals surface area contributed by atoms with E-state index in [2.05, 4.69) is 69.6 Å². The smallest absolute Gasteiger partial charge is 0.126 e. The third-order valence-electron chi connectivity index (χ3n) is 3.20. The van der Waals surface area contributed by atoms with Gasteiger partial charge in [0, 0.05) is 16.5 Å². The van der Waals surface area contributed by atoms with Gasteiger partial charge in [-0.1, -0.05) is 75.7 Å². The van der Waals surface area contributed by atoms with Gasteiger partial charge in [-0.05, 0) is 22.5 Å². The van der Waals surface area contributed by atoms with E-state index in [0.717, 1.165) is 16.5 Å². The molecule has 0 unspecified atom stereocenters. The van der Waals surface area contributed by atoms with Crippen LogP contribution in [0.5, 0.6) is 5.75 Å². The molecule has 1 aromatic carbocycles. The fourth-order valence-corrected chi connectivity index (χ4v) is 2.15. The van der Waals surface area contributed by atoms with Crippen molar-refractivity contribution in [1.82, 2.24) is 0 Å². The Balaban J connectivity index is 3.52. The van der Waals surface area contributed by atoms with E-state index in [1.54, 1.807) is 0 Å². The molecule has 1 rings (SSSR count). The third-order valence-corrected chi connectivity index (χ3v) is 3.57. The van der Waals surface area contributed by atoms with Gasteiger partial charge in [-0.15, -0.1) is 0 Å². The summed E-state index contributed by atoms with van der Waals surface area (Å²) < 4.78 is 0. The van der Waals surface area contributed by atoms with Crippen molar-refractivity contribution in [2.75, 3.05) is 5.33 Å². The lowest BCUT2D eigenvalue weighted by Crippen LogP contribution is -2.17. The number of halogens is 1. The second kappa shape index (κ2) is 5.70. The predicted molar refractivity (Wildman–Crippen MR) is 88.3 cm³/mol. The molecule has 1 nitrogen and oxygen atoms in total. The first-order valence-electron chi connectivity index (χ1n) is 6.68. The molecule has 0 amide bonds. The zero-order valence-corrected chi connectivity index (χ0v) is 14.4. The lowest BCUT2D eigenvalue weighted by Gasteiger charge is -2.27. The maximum atomic E-state index is 10.5. The summed E-state index contributed by atoms with van der Waals surface area (Å²) in [6.45, 7) is 13.0. The summed E-state index contributed by atoms with van der Waals surface area (Å²) in [4.78, 5) is 0. The number of aromatic hydroxyl groups is 1. The van der Waals surface area contributed by atoms with Crippen LogP contribution < -0.4 is 0 Å². The molecule has 0 heterocycles. The van der Waals surface area contributed by atoms with Crippen LogP contribution in [0.4, 0.5) is 0 Å². The molecule has 0 bridgehead atoms. The van der Waals surface area contributed by atoms with E-state index >= 15 is 0 Å². The molecule has 0 aliphatic carbocycles. The summed E-state index contributed by atoms with van der Waals surface area (Å²) in [5.74, 6) is 0.401. The standard InChI is InChI=1S/C17H25BrO/c1-16(2,3)13-10-12(8-7-9-18)15(19)14(11-13)17(4,5)6/h7-8,10-11,19H,9H2,1-6H3. The van der Waals surface area contributed by atoms with Crippen LogP contribution in [-0.4, -0.2) is 10.4 Å². The molecule has 1 aromatic rings. The molecule has 19 heavy (non-hydrogen) atoms. The Bertz CT molecular complexity index is 473. The molecular weight excluding hydrogens is 300 g/mol. The second-order valence-electron chi connectivity index (χ2n) is 7.02. The topological polar surface area (TPSA) is 20.2 Å². The third kappa shape index (κ3) is 4.10. The normalized spacial score (nSPS) is 13.2. The predicted octanol–water partition coefficient (Wildman–Crippen LogP) is 5.40. The number of rotatable bonds is 2. The molecule has 0 saturated carbocycles. The van der Waals surface area contributed by atoms with Crippen molar-refractivity contribution in [1.29, 1.82) is 0 Å². The summed E-state index contributed by atoms with van der Waals surface area (Å²) in [5.41, 5.74) is 3.17. The van der Waals surface area contributed by atoms with Gasteiger partial charge >= 0.3 is 0 Å². The zero-order chi connectivity index (χ0) is 14.8. The molecule has 0 saturated heterocycles. The maximum absolute atomic E-state index is 10.5. The fourth-order valence-electron chi connectivity index (χ4n) is 1.96. The molecule has 0 aliphatic heterocycles. The zero-order valence-electron chi connectivity index (χ0n) is 12.8. The second-order valence-corrected chi connectivity index (χ2v) is 7.67. The number of hydrogen-bond donors (Lipinski definition) is 1. The van der Waals surface area contributed by atoms with Gasteiger partial charge < -0.3 is 5.11 Å². The minimum absolute atomic E-state index is 0.0671. The Morgan fingerprint density at radius 3 is 2.05 bits per heavy atom. The summed E-state index contributed by atoms with van der Waals surface area (Å²) in [6.07, 6.45) is 3.99. The average molecular weight is 325 g/mol. The fraction of sp³-hybridized carbons (Fsp3) is 0.529. The quantitative estimate of drug-likeness (QED) is 0.722. The highest BCUT2D eigenvalue weighted by atomic mass is 79.9. The monoisotopic (exact) mass is 324 g/mol. The van der Waals surface area contributed by atoms with Gasteiger partial charge in [0.2, 0.25) is 0 Å². The summed E-state index contributed by atoms with van der Waals surface area (Å²) in [7, 11) is 0. The molecule has 0 atom stereocenters. The van der Waals surface area contributed by atoms with Crippen molar-refractivity contribution in [3.8, 4) is 5.75 Å². The van der Waals surface area contributed by atoms with Crippen molar-refractivity contribution in [2.24, 2.45) is 0 Å². The largest absolute Gasteiger partial charge is 0.507 e. The van der Waals surface area contributed by atoms with Crippen LogP contribution in [0, 0.1) is 0 Å². The first kappa shape index (κ1) is 16.3. The van der Waals surface area contributed by atoms with Crippen molar-refractivity contribution < 1.29 is 5.11 Å². The molecular formula is C17H25BrO. The van der Waals surface area contributed by atoms with Crippen LogP contribution in [0.3, 0.4) is 0 Å². The molecule has 0 radical (unpaired) electrons. The van der Waals surface area contributed by atoms with Crippen LogP contribution in [-0.2, 0) is 10.8 Å². The molecule has 1 N–H and O–H groups in total. The number of phenolic OH excluding ortho intramolecular Hbond substituents is 1. The lowest BCUT2D eigenvalue weighted by atomic mass is 9.79. The Hall–Kier alpha value is -0.760. The van der Waals surface area contributed by atoms with E-state index < -0.39 is 0 Å². The number of alkyl halides is 1. The highest BCUT2D eigenvalue weighted by Gasteiger charge is 2.24. The van der Waals surface area contributed by atoms with Crippen molar-refractivity contribution in [3.05, 3.63) is 34.9 Å². The summed E-state index contributed by atoms with van der Waals surface area (Å²) >= 11 is 3.38. The SMILES string of the molecule is CC(C)(C)c1cc(C=CCBr)c(O)c(C(C)(C)C)c1. The highest BCUT2D eigenvalue weighted by Crippen LogP contribution is 2.38. The Morgan fingerprint density at radius 2 is 1.63 bits per heavy atom. The number of allylic oxidation sites excluding steroid dienone is 1. The van der Waals surface area contributed by atoms with Crippen molar-refractivity contribution in [2.45, 2.75) is 52.4 Å². The minimum atomic E-state index is -0.0671. The van der Waals surface area contributed by atoms with Gasteiger partial charge in [-0.3, -0.25) is 0 Å². The van der Waals surface area contributed by atoms with Gasteiger partial charge in [0.25, 0.3) is 0 Å². The van der Waals surface area contributed by atoms with Crippen LogP contribution in [0.2, 0.25) is 0 Å². The van der Waals surface area contributed by atoms with Crippen LogP contribution in [0.25, 0.3) is 6.08 Å². The lowest BCUT2D eigenvalue weighted by molar-refractivity contribution is 0.443. The van der Waals surface area contributed by atoms with Crippen molar-refractivity contribution >= 4 is 22.0 Å². The Morgan fingerprint density at radius 1 is 1.05 bits per heavy atom. The number of benzene rings is 1. The molecule has 2 heteroatoms. The van der Waals surface area contributed by atoms with Crippen LogP contribution in [0.1, 0.15) is 58.2 Å². The van der Waals surface area contributed by atoms with Gasteiger partial charge in [0.15, 0.2) is 0 Å². The molecule has 0 aromatic heterocycles. The van der Waals surface area contributed by atoms with Crippen LogP contribution in [0.15, 0.2) is 18.2 Å². The van der Waals surface area contributed by atoms with E-state index in [-0.39, 0.29) is 10.8 Å². The van der Waals surface area contributed by atoms with Gasteiger partial charge in [0.1, 0.15) is 5.75 Å². The molecule has 0 fully saturated rings. The van der Waals surface area contributed by atoms with E-state index in [1.807, 2.05) is 12.2 Å². The summed E-state index contributed by atoms with van der Waals surface area (Å²) in [5, 5.41) is 11.3. The van der Waals surface area contributed by atoms with Crippen molar-refractivity contribution in [3.63, 3.8) is 0 Å². The van der Waals surface area contributed by atoms with Gasteiger partial charge in [0.05, 0.1) is 0 Å². The minimum Gasteiger partial charge on any atom is -0.507 e. The van der Waals surface area contributed by atoms with E-state index in [4.69, 9.17) is 0 Å². The van der Waals surface area contributed by atoms with Crippen LogP contribution >= 0.6 is 15.9 Å². The first-order valence-corrected chi connectivity index (χ1v) is 7.80.